The van der Waals surface area contributed by atoms with E-state index in [4.69, 9.17) is 5.84 Å². The van der Waals surface area contributed by atoms with E-state index in [2.05, 4.69) is 20.5 Å². The number of carbonyl (C=O) groups excluding carboxylic acids is 1. The first-order valence-electron chi connectivity index (χ1n) is 5.87. The van der Waals surface area contributed by atoms with Gasteiger partial charge in [-0.15, -0.1) is 0 Å². The van der Waals surface area contributed by atoms with Crippen molar-refractivity contribution in [3.63, 3.8) is 0 Å². The monoisotopic (exact) mass is 294 g/mol. The summed E-state index contributed by atoms with van der Waals surface area (Å²) in [5.41, 5.74) is 3.53. The minimum Gasteiger partial charge on any atom is -0.435 e. The third kappa shape index (κ3) is 4.11. The lowest BCUT2D eigenvalue weighted by molar-refractivity contribution is -0.0498. The molecule has 1 amide bonds. The summed E-state index contributed by atoms with van der Waals surface area (Å²) >= 11 is 0. The predicted octanol–water partition coefficient (Wildman–Crippen LogP) is 2.22. The molecule has 0 aliphatic rings. The maximum Gasteiger partial charge on any atom is 0.387 e. The second-order valence-electron chi connectivity index (χ2n) is 3.93. The Morgan fingerprint density at radius 3 is 2.52 bits per heavy atom. The number of nitrogen functional groups attached to an aromatic ring is 1. The van der Waals surface area contributed by atoms with Crippen molar-refractivity contribution in [2.24, 2.45) is 5.84 Å². The van der Waals surface area contributed by atoms with Crippen LogP contribution in [0.15, 0.2) is 42.6 Å². The number of hydrogen-bond acceptors (Lipinski definition) is 5. The number of benzene rings is 1. The number of carbonyl (C=O) groups is 1. The third-order valence-electron chi connectivity index (χ3n) is 2.50. The van der Waals surface area contributed by atoms with E-state index in [9.17, 15) is 13.6 Å². The molecule has 4 N–H and O–H groups in total. The van der Waals surface area contributed by atoms with Crippen LogP contribution >= 0.6 is 0 Å². The van der Waals surface area contributed by atoms with Crippen LogP contribution in [0.25, 0.3) is 0 Å². The molecule has 2 aromatic rings. The van der Waals surface area contributed by atoms with Crippen molar-refractivity contribution in [3.8, 4) is 5.75 Å². The number of hydrogen-bond donors (Lipinski definition) is 3. The van der Waals surface area contributed by atoms with Crippen molar-refractivity contribution in [1.82, 2.24) is 4.98 Å². The van der Waals surface area contributed by atoms with Gasteiger partial charge in [0.15, 0.2) is 0 Å². The molecule has 1 aromatic carbocycles. The van der Waals surface area contributed by atoms with Crippen LogP contribution in [0.2, 0.25) is 0 Å². The van der Waals surface area contributed by atoms with Gasteiger partial charge in [-0.25, -0.2) is 0 Å². The smallest absolute Gasteiger partial charge is 0.387 e. The van der Waals surface area contributed by atoms with Gasteiger partial charge >= 0.3 is 6.61 Å². The number of nitrogens with zero attached hydrogens (tertiary/aromatic N) is 1. The molecule has 0 saturated carbocycles. The number of amides is 1. The van der Waals surface area contributed by atoms with Crippen molar-refractivity contribution in [2.75, 3.05) is 10.7 Å². The zero-order chi connectivity index (χ0) is 15.2. The predicted molar refractivity (Wildman–Crippen MR) is 73.1 cm³/mol. The van der Waals surface area contributed by atoms with Crippen molar-refractivity contribution in [1.29, 1.82) is 0 Å². The number of hydrazine groups is 1. The van der Waals surface area contributed by atoms with E-state index in [0.717, 1.165) is 0 Å². The molecular weight excluding hydrogens is 282 g/mol. The molecular formula is C13H12F2N4O2. The fourth-order valence-electron chi connectivity index (χ4n) is 1.56. The fourth-order valence-corrected chi connectivity index (χ4v) is 1.56. The van der Waals surface area contributed by atoms with Gasteiger partial charge in [0.05, 0.1) is 5.69 Å². The van der Waals surface area contributed by atoms with Gasteiger partial charge in [0, 0.05) is 11.9 Å². The van der Waals surface area contributed by atoms with Gasteiger partial charge in [0.25, 0.3) is 5.91 Å². The molecule has 0 fully saturated rings. The zero-order valence-electron chi connectivity index (χ0n) is 10.7. The largest absolute Gasteiger partial charge is 0.435 e. The van der Waals surface area contributed by atoms with Crippen LogP contribution in [0.3, 0.4) is 0 Å². The molecule has 21 heavy (non-hydrogen) atoms. The Labute approximate surface area is 118 Å². The average molecular weight is 294 g/mol. The third-order valence-corrected chi connectivity index (χ3v) is 2.50. The Balaban J connectivity index is 2.05. The minimum atomic E-state index is -2.89. The summed E-state index contributed by atoms with van der Waals surface area (Å²) in [5, 5.41) is 2.58. The second kappa shape index (κ2) is 6.62. The molecule has 0 radical (unpaired) electrons. The van der Waals surface area contributed by atoms with Crippen LogP contribution in [0.5, 0.6) is 5.75 Å². The van der Waals surface area contributed by atoms with Crippen molar-refractivity contribution in [3.05, 3.63) is 48.3 Å². The molecule has 0 atom stereocenters. The zero-order valence-corrected chi connectivity index (χ0v) is 10.7. The molecule has 1 heterocycles. The van der Waals surface area contributed by atoms with Crippen molar-refractivity contribution < 1.29 is 18.3 Å². The molecule has 0 aliphatic heterocycles. The summed E-state index contributed by atoms with van der Waals surface area (Å²) in [7, 11) is 0. The maximum atomic E-state index is 12.0. The van der Waals surface area contributed by atoms with E-state index in [-0.39, 0.29) is 11.4 Å². The Bertz CT molecular complexity index is 620. The number of nitrogens with one attached hydrogen (secondary N) is 2. The van der Waals surface area contributed by atoms with Crippen molar-refractivity contribution >= 4 is 17.3 Å². The molecule has 0 spiro atoms. The van der Waals surface area contributed by atoms with E-state index < -0.39 is 12.5 Å². The Morgan fingerprint density at radius 2 is 1.90 bits per heavy atom. The Hall–Kier alpha value is -2.74. The summed E-state index contributed by atoms with van der Waals surface area (Å²) in [5.74, 6) is 4.80. The lowest BCUT2D eigenvalue weighted by Gasteiger charge is -2.08. The maximum absolute atomic E-state index is 12.0. The number of ether oxygens (including phenoxy) is 1. The SMILES string of the molecule is NNc1ccnc(C(=O)Nc2ccc(OC(F)F)cc2)c1. The lowest BCUT2D eigenvalue weighted by Crippen LogP contribution is -2.15. The van der Waals surface area contributed by atoms with Gasteiger partial charge in [-0.2, -0.15) is 8.78 Å². The molecule has 8 heteroatoms. The van der Waals surface area contributed by atoms with E-state index in [1.165, 1.54) is 36.5 Å². The molecule has 110 valence electrons. The van der Waals surface area contributed by atoms with Crippen LogP contribution in [-0.4, -0.2) is 17.5 Å². The van der Waals surface area contributed by atoms with Gasteiger partial charge in [-0.1, -0.05) is 0 Å². The standard InChI is InChI=1S/C13H12F2N4O2/c14-13(15)21-10-3-1-8(2-4-10)18-12(20)11-7-9(19-16)5-6-17-11/h1-7,13H,16H2,(H,17,19)(H,18,20). The van der Waals surface area contributed by atoms with Crippen LogP contribution in [0.4, 0.5) is 20.2 Å². The summed E-state index contributed by atoms with van der Waals surface area (Å²) in [6, 6.07) is 8.62. The molecule has 6 nitrogen and oxygen atoms in total. The van der Waals surface area contributed by atoms with Gasteiger partial charge in [-0.3, -0.25) is 15.6 Å². The molecule has 0 bridgehead atoms. The van der Waals surface area contributed by atoms with Gasteiger partial charge in [-0.05, 0) is 36.4 Å². The van der Waals surface area contributed by atoms with Crippen LogP contribution < -0.4 is 21.3 Å². The number of pyridine rings is 1. The van der Waals surface area contributed by atoms with E-state index in [1.807, 2.05) is 0 Å². The Kier molecular flexibility index (Phi) is 4.62. The molecule has 2 rings (SSSR count). The molecule has 1 aromatic heterocycles. The van der Waals surface area contributed by atoms with E-state index in [1.54, 1.807) is 6.07 Å². The lowest BCUT2D eigenvalue weighted by atomic mass is 10.2. The fraction of sp³-hybridized carbons (Fsp3) is 0.0769. The van der Waals surface area contributed by atoms with Gasteiger partial charge in [0.1, 0.15) is 11.4 Å². The van der Waals surface area contributed by atoms with E-state index >= 15 is 0 Å². The van der Waals surface area contributed by atoms with Crippen molar-refractivity contribution in [2.45, 2.75) is 6.61 Å². The Morgan fingerprint density at radius 1 is 1.19 bits per heavy atom. The summed E-state index contributed by atoms with van der Waals surface area (Å²) in [6.45, 7) is -2.89. The van der Waals surface area contributed by atoms with E-state index in [0.29, 0.717) is 11.4 Å². The van der Waals surface area contributed by atoms with Crippen LogP contribution in [-0.2, 0) is 0 Å². The number of anilines is 2. The summed E-state index contributed by atoms with van der Waals surface area (Å²) in [4.78, 5) is 15.9. The highest BCUT2D eigenvalue weighted by atomic mass is 19.3. The summed E-state index contributed by atoms with van der Waals surface area (Å²) < 4.78 is 28.2. The average Bonchev–Trinajstić information content (AvgIpc) is 2.49. The highest BCUT2D eigenvalue weighted by molar-refractivity contribution is 6.03. The normalized spacial score (nSPS) is 10.3. The number of halogens is 2. The number of nitrogens with two attached hydrogens (primary N) is 1. The van der Waals surface area contributed by atoms with Crippen LogP contribution in [0, 0.1) is 0 Å². The first-order chi connectivity index (χ1) is 10.1. The summed E-state index contributed by atoms with van der Waals surface area (Å²) in [6.07, 6.45) is 1.43. The quantitative estimate of drug-likeness (QED) is 0.581. The first kappa shape index (κ1) is 14.7. The van der Waals surface area contributed by atoms with Crippen LogP contribution in [0.1, 0.15) is 10.5 Å². The van der Waals surface area contributed by atoms with Gasteiger partial charge in [0.2, 0.25) is 0 Å². The second-order valence-corrected chi connectivity index (χ2v) is 3.93. The minimum absolute atomic E-state index is 0.00968. The number of rotatable bonds is 5. The number of alkyl halides is 2. The van der Waals surface area contributed by atoms with Gasteiger partial charge < -0.3 is 15.5 Å². The molecule has 0 unspecified atom stereocenters. The molecule has 0 saturated heterocycles. The molecule has 0 aliphatic carbocycles. The highest BCUT2D eigenvalue weighted by Crippen LogP contribution is 2.18. The topological polar surface area (TPSA) is 89.3 Å². The highest BCUT2D eigenvalue weighted by Gasteiger charge is 2.09. The number of aromatic nitrogens is 1. The first-order valence-corrected chi connectivity index (χ1v) is 5.87.